The van der Waals surface area contributed by atoms with Gasteiger partial charge in [-0.05, 0) is 6.42 Å². The second-order valence-electron chi connectivity index (χ2n) is 1.74. The summed E-state index contributed by atoms with van der Waals surface area (Å²) in [6.45, 7) is 0. The summed E-state index contributed by atoms with van der Waals surface area (Å²) < 4.78 is 28.1. The molecule has 57 valence electrons. The molecule has 0 spiro atoms. The Hall–Kier alpha value is 0.830. The molecule has 0 aromatic heterocycles. The minimum absolute atomic E-state index is 0. The minimum Gasteiger partial charge on any atom is -0.316 e. The molecule has 0 saturated heterocycles. The third-order valence-corrected chi connectivity index (χ3v) is 1.46. The summed E-state index contributed by atoms with van der Waals surface area (Å²) >= 11 is 0. The van der Waals surface area contributed by atoms with Crippen LogP contribution in [0, 0.1) is 0 Å². The maximum absolute atomic E-state index is 9.98. The van der Waals surface area contributed by atoms with E-state index in [1.54, 1.807) is 0 Å². The first kappa shape index (κ1) is 13.4. The Morgan fingerprint density at radius 3 is 1.90 bits per heavy atom. The quantitative estimate of drug-likeness (QED) is 0.266. The van der Waals surface area contributed by atoms with Crippen molar-refractivity contribution in [2.24, 2.45) is 11.5 Å². The predicted octanol–water partition coefficient (Wildman–Crippen LogP) is -1.87. The zero-order chi connectivity index (χ0) is 7.49. The van der Waals surface area contributed by atoms with Crippen molar-refractivity contribution in [2.45, 2.75) is 12.6 Å². The Balaban J connectivity index is 0. The molecule has 5 N–H and O–H groups in total. The van der Waals surface area contributed by atoms with Gasteiger partial charge in [0.05, 0.1) is 11.9 Å². The molecule has 0 saturated carbocycles. The summed E-state index contributed by atoms with van der Waals surface area (Å²) in [5.74, 6) is -0.370. The molecule has 0 aliphatic carbocycles. The van der Waals surface area contributed by atoms with Crippen molar-refractivity contribution in [3.05, 3.63) is 0 Å². The van der Waals surface area contributed by atoms with Crippen molar-refractivity contribution >= 4 is 39.7 Å². The molecular weight excluding hydrogens is 167 g/mol. The van der Waals surface area contributed by atoms with Crippen LogP contribution in [0.3, 0.4) is 0 Å². The monoisotopic (exact) mass is 177 g/mol. The third-order valence-electron chi connectivity index (χ3n) is 0.709. The van der Waals surface area contributed by atoms with E-state index in [-0.39, 0.29) is 41.7 Å². The van der Waals surface area contributed by atoms with E-state index in [0.29, 0.717) is 0 Å². The molecule has 0 aromatic carbocycles. The second-order valence-corrected chi connectivity index (χ2v) is 3.31. The number of hydrogen-bond donors (Lipinski definition) is 3. The first-order valence-electron chi connectivity index (χ1n) is 2.38. The van der Waals surface area contributed by atoms with Crippen molar-refractivity contribution in [3.63, 3.8) is 0 Å². The van der Waals surface area contributed by atoms with Crippen LogP contribution in [0.15, 0.2) is 0 Å². The smallest absolute Gasteiger partial charge is 0.264 e. The normalized spacial score (nSPS) is 11.2. The van der Waals surface area contributed by atoms with Gasteiger partial charge < -0.3 is 11.5 Å². The number of hydrogen-bond acceptors (Lipinski definition) is 4. The van der Waals surface area contributed by atoms with Gasteiger partial charge in [-0.1, -0.05) is 0 Å². The van der Waals surface area contributed by atoms with E-state index in [1.165, 1.54) is 0 Å². The van der Waals surface area contributed by atoms with Gasteiger partial charge in [-0.25, -0.2) is 0 Å². The summed E-state index contributed by atoms with van der Waals surface area (Å²) in [7, 11) is -3.88. The average Bonchev–Trinajstić information content (AvgIpc) is 1.59. The Kier molecular flexibility index (Phi) is 7.35. The van der Waals surface area contributed by atoms with Crippen LogP contribution >= 0.6 is 0 Å². The van der Waals surface area contributed by atoms with E-state index in [9.17, 15) is 8.42 Å². The van der Waals surface area contributed by atoms with E-state index in [4.69, 9.17) is 16.0 Å². The van der Waals surface area contributed by atoms with Crippen molar-refractivity contribution in [1.29, 1.82) is 0 Å². The molecule has 0 aromatic rings. The van der Waals surface area contributed by atoms with Gasteiger partial charge in [-0.2, -0.15) is 8.42 Å². The summed E-state index contributed by atoms with van der Waals surface area (Å²) in [4.78, 5) is 0. The van der Waals surface area contributed by atoms with E-state index in [2.05, 4.69) is 0 Å². The van der Waals surface area contributed by atoms with E-state index in [0.717, 1.165) is 0 Å². The standard InChI is InChI=1S/C3H10N2O3S.Na/c4-3(5)1-2-9(6,7)8;/h3H,1-2,4-5H2,(H,6,7,8);. The Bertz CT molecular complexity index is 167. The van der Waals surface area contributed by atoms with E-state index in [1.807, 2.05) is 0 Å². The fraction of sp³-hybridized carbons (Fsp3) is 1.00. The van der Waals surface area contributed by atoms with Crippen LogP contribution in [0.4, 0.5) is 0 Å². The SMILES string of the molecule is NC(N)CCS(=O)(=O)O.[Na]. The van der Waals surface area contributed by atoms with Gasteiger partial charge >= 0.3 is 0 Å². The van der Waals surface area contributed by atoms with Crippen LogP contribution in [-0.4, -0.2) is 54.4 Å². The molecule has 0 heterocycles. The van der Waals surface area contributed by atoms with Crippen LogP contribution in [0.2, 0.25) is 0 Å². The van der Waals surface area contributed by atoms with Crippen LogP contribution < -0.4 is 11.5 Å². The maximum Gasteiger partial charge on any atom is 0.264 e. The number of nitrogens with two attached hydrogens (primary N) is 2. The van der Waals surface area contributed by atoms with Crippen molar-refractivity contribution in [3.8, 4) is 0 Å². The molecule has 0 aliphatic rings. The molecule has 7 heteroatoms. The van der Waals surface area contributed by atoms with Crippen LogP contribution in [0.1, 0.15) is 6.42 Å². The molecule has 0 fully saturated rings. The molecule has 0 bridgehead atoms. The van der Waals surface area contributed by atoms with Crippen LogP contribution in [-0.2, 0) is 10.1 Å². The Morgan fingerprint density at radius 1 is 1.40 bits per heavy atom. The largest absolute Gasteiger partial charge is 0.316 e. The number of rotatable bonds is 3. The van der Waals surface area contributed by atoms with Crippen molar-refractivity contribution < 1.29 is 13.0 Å². The molecule has 0 rings (SSSR count). The minimum atomic E-state index is -3.88. The van der Waals surface area contributed by atoms with Gasteiger partial charge in [0.2, 0.25) is 0 Å². The van der Waals surface area contributed by atoms with Gasteiger partial charge in [0.25, 0.3) is 10.1 Å². The third kappa shape index (κ3) is 11.6. The Labute approximate surface area is 82.2 Å². The van der Waals surface area contributed by atoms with Crippen molar-refractivity contribution in [1.82, 2.24) is 0 Å². The second kappa shape index (κ2) is 5.48. The molecule has 0 atom stereocenters. The summed E-state index contributed by atoms with van der Waals surface area (Å²) in [5.41, 5.74) is 10.0. The topological polar surface area (TPSA) is 106 Å². The molecular formula is C3H10N2NaO3S. The van der Waals surface area contributed by atoms with Crippen LogP contribution in [0.5, 0.6) is 0 Å². The zero-order valence-corrected chi connectivity index (χ0v) is 8.63. The van der Waals surface area contributed by atoms with E-state index >= 15 is 0 Å². The molecule has 10 heavy (non-hydrogen) atoms. The predicted molar refractivity (Wildman–Crippen MR) is 38.9 cm³/mol. The molecule has 5 nitrogen and oxygen atoms in total. The Morgan fingerprint density at radius 2 is 1.80 bits per heavy atom. The summed E-state index contributed by atoms with van der Waals surface area (Å²) in [6.07, 6.45) is -0.592. The first-order chi connectivity index (χ1) is 3.92. The fourth-order valence-corrected chi connectivity index (χ4v) is 0.855. The van der Waals surface area contributed by atoms with Crippen molar-refractivity contribution in [2.75, 3.05) is 5.75 Å². The summed E-state index contributed by atoms with van der Waals surface area (Å²) in [6, 6.07) is 0. The maximum atomic E-state index is 9.98. The molecule has 1 radical (unpaired) electrons. The molecule has 0 unspecified atom stereocenters. The van der Waals surface area contributed by atoms with Gasteiger partial charge in [0.1, 0.15) is 0 Å². The van der Waals surface area contributed by atoms with Gasteiger partial charge in [0, 0.05) is 29.6 Å². The van der Waals surface area contributed by atoms with Gasteiger partial charge in [-0.15, -0.1) is 0 Å². The fourth-order valence-electron chi connectivity index (χ4n) is 0.285. The van der Waals surface area contributed by atoms with E-state index < -0.39 is 16.3 Å². The van der Waals surface area contributed by atoms with Gasteiger partial charge in [0.15, 0.2) is 0 Å². The van der Waals surface area contributed by atoms with Crippen LogP contribution in [0.25, 0.3) is 0 Å². The summed E-state index contributed by atoms with van der Waals surface area (Å²) in [5, 5.41) is 0. The average molecular weight is 177 g/mol. The zero-order valence-electron chi connectivity index (χ0n) is 5.82. The van der Waals surface area contributed by atoms with Gasteiger partial charge in [-0.3, -0.25) is 4.55 Å². The first-order valence-corrected chi connectivity index (χ1v) is 3.99. The molecule has 0 aliphatic heterocycles. The molecule has 0 amide bonds.